The van der Waals surface area contributed by atoms with Gasteiger partial charge in [-0.05, 0) is 64.5 Å². The summed E-state index contributed by atoms with van der Waals surface area (Å²) in [7, 11) is -2.44. The number of anilines is 2. The van der Waals surface area contributed by atoms with E-state index in [9.17, 15) is 4.57 Å². The molecule has 4 nitrogen and oxygen atoms in total. The molecule has 0 atom stereocenters. The van der Waals surface area contributed by atoms with Crippen molar-refractivity contribution in [3.63, 3.8) is 0 Å². The molecule has 0 aliphatic rings. The van der Waals surface area contributed by atoms with E-state index in [1.807, 2.05) is 18.2 Å². The van der Waals surface area contributed by atoms with Crippen molar-refractivity contribution in [2.24, 2.45) is 0 Å². The van der Waals surface area contributed by atoms with Gasteiger partial charge >= 0.3 is 0 Å². The number of aromatic nitrogens is 2. The zero-order valence-corrected chi connectivity index (χ0v) is 16.1. The van der Waals surface area contributed by atoms with Crippen molar-refractivity contribution < 1.29 is 4.57 Å². The van der Waals surface area contributed by atoms with Gasteiger partial charge in [-0.25, -0.2) is 4.98 Å². The van der Waals surface area contributed by atoms with E-state index in [-0.39, 0.29) is 5.28 Å². The molecule has 0 saturated carbocycles. The van der Waals surface area contributed by atoms with Crippen LogP contribution in [0.2, 0.25) is 5.28 Å². The van der Waals surface area contributed by atoms with Crippen molar-refractivity contribution in [2.45, 2.75) is 19.8 Å². The first-order valence-electron chi connectivity index (χ1n) is 6.83. The molecule has 22 heavy (non-hydrogen) atoms. The van der Waals surface area contributed by atoms with Gasteiger partial charge in [-0.15, -0.1) is 0 Å². The van der Waals surface area contributed by atoms with Crippen molar-refractivity contribution >= 4 is 51.5 Å². The molecule has 0 aliphatic heterocycles. The Morgan fingerprint density at radius 1 is 1.32 bits per heavy atom. The van der Waals surface area contributed by atoms with Crippen molar-refractivity contribution in [1.29, 1.82) is 0 Å². The number of hydrogen-bond acceptors (Lipinski definition) is 4. The molecule has 7 heteroatoms. The quantitative estimate of drug-likeness (QED) is 0.577. The van der Waals surface area contributed by atoms with Gasteiger partial charge in [0, 0.05) is 11.5 Å². The van der Waals surface area contributed by atoms with E-state index in [0.29, 0.717) is 16.2 Å². The second kappa shape index (κ2) is 6.69. The maximum atomic E-state index is 12.6. The normalized spacial score (nSPS) is 11.8. The lowest BCUT2D eigenvalue weighted by atomic mass is 10.0. The van der Waals surface area contributed by atoms with Crippen molar-refractivity contribution in [3.05, 3.63) is 39.7 Å². The standard InChI is InChI=1S/C15H18BrClN3OP/c1-9(2)10-5-6-12(13(7-10)22(3,4)21)19-14-11(16)8-18-15(17)20-14/h5-9H,1-4H3,(H,18,19,20). The molecule has 2 aromatic rings. The number of benzene rings is 1. The molecule has 0 aliphatic carbocycles. The molecule has 1 heterocycles. The predicted molar refractivity (Wildman–Crippen MR) is 97.6 cm³/mol. The van der Waals surface area contributed by atoms with E-state index in [4.69, 9.17) is 11.6 Å². The smallest absolute Gasteiger partial charge is 0.224 e. The Morgan fingerprint density at radius 3 is 2.59 bits per heavy atom. The molecule has 0 radical (unpaired) electrons. The van der Waals surface area contributed by atoms with Gasteiger partial charge in [0.1, 0.15) is 13.0 Å². The Bertz CT molecular complexity index is 746. The topological polar surface area (TPSA) is 54.9 Å². The summed E-state index contributed by atoms with van der Waals surface area (Å²) in [6.45, 7) is 7.76. The number of rotatable bonds is 4. The minimum Gasteiger partial charge on any atom is -0.339 e. The Balaban J connectivity index is 2.51. The van der Waals surface area contributed by atoms with E-state index in [0.717, 1.165) is 16.6 Å². The highest BCUT2D eigenvalue weighted by Gasteiger charge is 2.19. The van der Waals surface area contributed by atoms with Gasteiger partial charge in [0.25, 0.3) is 0 Å². The third-order valence-corrected chi connectivity index (χ3v) is 5.53. The zero-order valence-electron chi connectivity index (χ0n) is 12.9. The second-order valence-electron chi connectivity index (χ2n) is 5.74. The maximum Gasteiger partial charge on any atom is 0.224 e. The fraction of sp³-hybridized carbons (Fsp3) is 0.333. The van der Waals surface area contributed by atoms with Crippen molar-refractivity contribution in [3.8, 4) is 0 Å². The van der Waals surface area contributed by atoms with E-state index in [1.54, 1.807) is 19.5 Å². The Hall–Kier alpha value is -0.900. The molecule has 0 amide bonds. The minimum atomic E-state index is -2.44. The Labute approximate surface area is 144 Å². The van der Waals surface area contributed by atoms with Crippen LogP contribution in [0.15, 0.2) is 28.9 Å². The third kappa shape index (κ3) is 4.09. The van der Waals surface area contributed by atoms with E-state index in [2.05, 4.69) is 45.1 Å². The summed E-state index contributed by atoms with van der Waals surface area (Å²) in [4.78, 5) is 8.06. The molecular formula is C15H18BrClN3OP. The van der Waals surface area contributed by atoms with E-state index in [1.165, 1.54) is 0 Å². The predicted octanol–water partition coefficient (Wildman–Crippen LogP) is 5.01. The van der Waals surface area contributed by atoms with Crippen LogP contribution < -0.4 is 10.6 Å². The number of hydrogen-bond donors (Lipinski definition) is 1. The first kappa shape index (κ1) is 17.5. The summed E-state index contributed by atoms with van der Waals surface area (Å²) >= 11 is 9.23. The molecule has 0 unspecified atom stereocenters. The van der Waals surface area contributed by atoms with Gasteiger partial charge in [-0.1, -0.05) is 19.9 Å². The Morgan fingerprint density at radius 2 is 2.00 bits per heavy atom. The largest absolute Gasteiger partial charge is 0.339 e. The van der Waals surface area contributed by atoms with Crippen LogP contribution >= 0.6 is 34.7 Å². The van der Waals surface area contributed by atoms with Gasteiger partial charge < -0.3 is 9.88 Å². The first-order valence-corrected chi connectivity index (χ1v) is 10.6. The molecule has 0 saturated heterocycles. The highest BCUT2D eigenvalue weighted by Crippen LogP contribution is 2.39. The van der Waals surface area contributed by atoms with Gasteiger partial charge in [-0.3, -0.25) is 0 Å². The SMILES string of the molecule is CC(C)c1ccc(Nc2nc(Cl)ncc2Br)c(P(C)(C)=O)c1. The van der Waals surface area contributed by atoms with Crippen LogP contribution in [-0.2, 0) is 4.57 Å². The van der Waals surface area contributed by atoms with Gasteiger partial charge in [0.05, 0.1) is 10.2 Å². The molecule has 2 rings (SSSR count). The van der Waals surface area contributed by atoms with Crippen LogP contribution in [0.3, 0.4) is 0 Å². The molecule has 118 valence electrons. The number of halogens is 2. The minimum absolute atomic E-state index is 0.155. The fourth-order valence-corrected chi connectivity index (χ4v) is 3.61. The summed E-state index contributed by atoms with van der Waals surface area (Å²) in [6.07, 6.45) is 1.58. The summed E-state index contributed by atoms with van der Waals surface area (Å²) in [6, 6.07) is 5.97. The van der Waals surface area contributed by atoms with Crippen LogP contribution in [0.1, 0.15) is 25.3 Å². The van der Waals surface area contributed by atoms with Crippen molar-refractivity contribution in [2.75, 3.05) is 18.6 Å². The lowest BCUT2D eigenvalue weighted by Crippen LogP contribution is -2.12. The molecule has 1 aromatic carbocycles. The fourth-order valence-electron chi connectivity index (χ4n) is 2.02. The average Bonchev–Trinajstić information content (AvgIpc) is 2.42. The van der Waals surface area contributed by atoms with Crippen LogP contribution in [0, 0.1) is 0 Å². The molecular weight excluding hydrogens is 385 g/mol. The lowest BCUT2D eigenvalue weighted by Gasteiger charge is -2.18. The van der Waals surface area contributed by atoms with Gasteiger partial charge in [0.15, 0.2) is 0 Å². The molecule has 0 spiro atoms. The van der Waals surface area contributed by atoms with Crippen LogP contribution in [0.5, 0.6) is 0 Å². The maximum absolute atomic E-state index is 12.6. The lowest BCUT2D eigenvalue weighted by molar-refractivity contribution is 0.588. The highest BCUT2D eigenvalue weighted by molar-refractivity contribution is 9.10. The molecule has 1 aromatic heterocycles. The molecule has 0 bridgehead atoms. The molecule has 1 N–H and O–H groups in total. The van der Waals surface area contributed by atoms with Crippen LogP contribution in [-0.4, -0.2) is 23.3 Å². The highest BCUT2D eigenvalue weighted by atomic mass is 79.9. The number of nitrogens with zero attached hydrogens (tertiary/aromatic N) is 2. The third-order valence-electron chi connectivity index (χ3n) is 3.24. The van der Waals surface area contributed by atoms with Crippen LogP contribution in [0.4, 0.5) is 11.5 Å². The molecule has 0 fully saturated rings. The summed E-state index contributed by atoms with van der Waals surface area (Å²) in [5, 5.41) is 4.16. The summed E-state index contributed by atoms with van der Waals surface area (Å²) < 4.78 is 13.3. The average molecular weight is 403 g/mol. The second-order valence-corrected chi connectivity index (χ2v) is 10.1. The summed E-state index contributed by atoms with van der Waals surface area (Å²) in [5.74, 6) is 0.923. The van der Waals surface area contributed by atoms with Gasteiger partial charge in [-0.2, -0.15) is 4.98 Å². The van der Waals surface area contributed by atoms with Crippen LogP contribution in [0.25, 0.3) is 0 Å². The number of nitrogens with one attached hydrogen (secondary N) is 1. The van der Waals surface area contributed by atoms with E-state index >= 15 is 0 Å². The Kier molecular flexibility index (Phi) is 5.31. The van der Waals surface area contributed by atoms with Gasteiger partial charge in [0.2, 0.25) is 5.28 Å². The van der Waals surface area contributed by atoms with Crippen molar-refractivity contribution in [1.82, 2.24) is 9.97 Å². The zero-order chi connectivity index (χ0) is 16.5. The van der Waals surface area contributed by atoms with E-state index < -0.39 is 7.14 Å². The monoisotopic (exact) mass is 401 g/mol. The first-order chi connectivity index (χ1) is 10.2. The summed E-state index contributed by atoms with van der Waals surface area (Å²) in [5.41, 5.74) is 1.93.